The van der Waals surface area contributed by atoms with Crippen LogP contribution in [0.5, 0.6) is 0 Å². The Labute approximate surface area is 114 Å². The van der Waals surface area contributed by atoms with Gasteiger partial charge in [-0.25, -0.2) is 9.67 Å². The third kappa shape index (κ3) is 2.82. The van der Waals surface area contributed by atoms with E-state index in [2.05, 4.69) is 43.1 Å². The van der Waals surface area contributed by atoms with Crippen molar-refractivity contribution in [2.45, 2.75) is 76.8 Å². The van der Waals surface area contributed by atoms with Gasteiger partial charge in [-0.05, 0) is 40.5 Å². The van der Waals surface area contributed by atoms with Gasteiger partial charge in [0.25, 0.3) is 0 Å². The number of rotatable bonds is 4. The minimum Gasteiger partial charge on any atom is -0.367 e. The Bertz CT molecular complexity index is 462. The molecule has 3 rings (SSSR count). The topological polar surface area (TPSA) is 52.0 Å². The van der Waals surface area contributed by atoms with Gasteiger partial charge in [-0.3, -0.25) is 0 Å². The average molecular weight is 264 g/mol. The van der Waals surface area contributed by atoms with E-state index in [1.165, 1.54) is 12.8 Å². The van der Waals surface area contributed by atoms with Crippen LogP contribution in [-0.4, -0.2) is 32.0 Å². The number of nitrogens with zero attached hydrogens (tertiary/aromatic N) is 3. The van der Waals surface area contributed by atoms with Gasteiger partial charge in [0.1, 0.15) is 6.33 Å². The summed E-state index contributed by atoms with van der Waals surface area (Å²) in [7, 11) is 0. The molecule has 2 fully saturated rings. The van der Waals surface area contributed by atoms with Gasteiger partial charge in [0, 0.05) is 12.5 Å². The Morgan fingerprint density at radius 2 is 2.11 bits per heavy atom. The molecule has 0 spiro atoms. The van der Waals surface area contributed by atoms with Crippen molar-refractivity contribution >= 4 is 0 Å². The zero-order chi connectivity index (χ0) is 13.7. The Kier molecular flexibility index (Phi) is 2.94. The fourth-order valence-corrected chi connectivity index (χ4v) is 3.01. The largest absolute Gasteiger partial charge is 0.367 e. The first-order valence-corrected chi connectivity index (χ1v) is 7.19. The third-order valence-electron chi connectivity index (χ3n) is 4.03. The van der Waals surface area contributed by atoms with E-state index in [4.69, 9.17) is 4.74 Å². The average Bonchev–Trinajstić information content (AvgIpc) is 2.94. The Morgan fingerprint density at radius 1 is 1.37 bits per heavy atom. The Morgan fingerprint density at radius 3 is 2.68 bits per heavy atom. The minimum atomic E-state index is -0.196. The molecule has 1 atom stereocenters. The van der Waals surface area contributed by atoms with Crippen LogP contribution in [0.3, 0.4) is 0 Å². The van der Waals surface area contributed by atoms with E-state index < -0.39 is 0 Å². The number of hydrogen-bond acceptors (Lipinski definition) is 4. The summed E-state index contributed by atoms with van der Waals surface area (Å²) in [6.07, 6.45) is 5.40. The van der Waals surface area contributed by atoms with E-state index in [0.29, 0.717) is 6.04 Å². The molecular formula is C14H24N4O. The van der Waals surface area contributed by atoms with E-state index >= 15 is 0 Å². The van der Waals surface area contributed by atoms with Crippen LogP contribution in [0.2, 0.25) is 0 Å². The van der Waals surface area contributed by atoms with Crippen LogP contribution in [-0.2, 0) is 11.3 Å². The molecule has 1 aliphatic carbocycles. The number of aromatic nitrogens is 3. The van der Waals surface area contributed by atoms with E-state index in [1.807, 2.05) is 11.0 Å². The zero-order valence-electron chi connectivity index (χ0n) is 12.3. The van der Waals surface area contributed by atoms with Crippen molar-refractivity contribution in [2.24, 2.45) is 0 Å². The fourth-order valence-electron chi connectivity index (χ4n) is 3.01. The van der Waals surface area contributed by atoms with Gasteiger partial charge >= 0.3 is 0 Å². The van der Waals surface area contributed by atoms with Gasteiger partial charge in [0.15, 0.2) is 5.82 Å². The molecule has 1 saturated heterocycles. The van der Waals surface area contributed by atoms with E-state index in [-0.39, 0.29) is 17.2 Å². The summed E-state index contributed by atoms with van der Waals surface area (Å²) >= 11 is 0. The molecule has 2 aliphatic rings. The van der Waals surface area contributed by atoms with Gasteiger partial charge < -0.3 is 10.1 Å². The Balaban J connectivity index is 1.71. The van der Waals surface area contributed by atoms with Gasteiger partial charge in [-0.1, -0.05) is 0 Å². The zero-order valence-corrected chi connectivity index (χ0v) is 12.3. The second kappa shape index (κ2) is 4.28. The highest BCUT2D eigenvalue weighted by Crippen LogP contribution is 2.44. The molecule has 0 aromatic carbocycles. The van der Waals surface area contributed by atoms with Crippen molar-refractivity contribution in [3.05, 3.63) is 12.2 Å². The van der Waals surface area contributed by atoms with Crippen LogP contribution in [0.25, 0.3) is 0 Å². The molecule has 2 heterocycles. The van der Waals surface area contributed by atoms with Crippen molar-refractivity contribution in [3.63, 3.8) is 0 Å². The molecule has 0 amide bonds. The highest BCUT2D eigenvalue weighted by molar-refractivity contribution is 4.98. The van der Waals surface area contributed by atoms with E-state index in [9.17, 15) is 0 Å². The summed E-state index contributed by atoms with van der Waals surface area (Å²) in [5, 5.41) is 8.06. The van der Waals surface area contributed by atoms with Crippen LogP contribution in [0.4, 0.5) is 0 Å². The highest BCUT2D eigenvalue weighted by atomic mass is 16.5. The van der Waals surface area contributed by atoms with E-state index in [1.54, 1.807) is 0 Å². The van der Waals surface area contributed by atoms with Crippen LogP contribution < -0.4 is 5.32 Å². The lowest BCUT2D eigenvalue weighted by molar-refractivity contribution is -0.0737. The van der Waals surface area contributed by atoms with Gasteiger partial charge in [0.2, 0.25) is 0 Å². The van der Waals surface area contributed by atoms with Crippen molar-refractivity contribution in [1.29, 1.82) is 0 Å². The van der Waals surface area contributed by atoms with Crippen molar-refractivity contribution < 1.29 is 4.74 Å². The van der Waals surface area contributed by atoms with Crippen LogP contribution in [0.15, 0.2) is 6.33 Å². The van der Waals surface area contributed by atoms with Gasteiger partial charge in [-0.2, -0.15) is 5.10 Å². The molecule has 1 aromatic rings. The molecule has 1 aromatic heterocycles. The minimum absolute atomic E-state index is 0.0907. The lowest BCUT2D eigenvalue weighted by Gasteiger charge is -2.26. The smallest absolute Gasteiger partial charge is 0.164 e. The highest BCUT2D eigenvalue weighted by Gasteiger charge is 2.47. The van der Waals surface area contributed by atoms with Gasteiger partial charge in [-0.15, -0.1) is 0 Å². The van der Waals surface area contributed by atoms with Gasteiger partial charge in [0.05, 0.1) is 23.8 Å². The lowest BCUT2D eigenvalue weighted by Crippen LogP contribution is -2.31. The number of nitrogens with one attached hydrogen (secondary N) is 1. The van der Waals surface area contributed by atoms with Crippen LogP contribution >= 0.6 is 0 Å². The lowest BCUT2D eigenvalue weighted by atomic mass is 9.95. The number of ether oxygens (including phenoxy) is 1. The predicted molar refractivity (Wildman–Crippen MR) is 72.8 cm³/mol. The van der Waals surface area contributed by atoms with E-state index in [0.717, 1.165) is 18.8 Å². The molecule has 1 saturated carbocycles. The molecule has 5 heteroatoms. The summed E-state index contributed by atoms with van der Waals surface area (Å²) in [5.74, 6) is 0.882. The van der Waals surface area contributed by atoms with Crippen LogP contribution in [0, 0.1) is 0 Å². The first-order valence-electron chi connectivity index (χ1n) is 7.19. The molecule has 0 radical (unpaired) electrons. The van der Waals surface area contributed by atoms with Crippen molar-refractivity contribution in [1.82, 2.24) is 20.1 Å². The summed E-state index contributed by atoms with van der Waals surface area (Å²) in [4.78, 5) is 4.41. The Hall–Kier alpha value is -0.940. The standard InChI is InChI=1S/C14H24N4O/c1-13(2)7-11(14(3,4)19-13)18-9-16-12(17-18)8-15-10-5-6-10/h9-11,15H,5-8H2,1-4H3. The quantitative estimate of drug-likeness (QED) is 0.904. The molecule has 106 valence electrons. The monoisotopic (exact) mass is 264 g/mol. The predicted octanol–water partition coefficient (Wildman–Crippen LogP) is 2.05. The molecule has 1 N–H and O–H groups in total. The SMILES string of the molecule is CC1(C)CC(n2cnc(CNC3CC3)n2)C(C)(C)O1. The molecule has 5 nitrogen and oxygen atoms in total. The maximum absolute atomic E-state index is 6.12. The summed E-state index contributed by atoms with van der Waals surface area (Å²) < 4.78 is 8.10. The first-order chi connectivity index (χ1) is 8.86. The molecule has 1 unspecified atom stereocenters. The molecular weight excluding hydrogens is 240 g/mol. The number of hydrogen-bond donors (Lipinski definition) is 1. The summed E-state index contributed by atoms with van der Waals surface area (Å²) in [5.41, 5.74) is -0.287. The normalized spacial score (nSPS) is 28.7. The fraction of sp³-hybridized carbons (Fsp3) is 0.857. The summed E-state index contributed by atoms with van der Waals surface area (Å²) in [6.45, 7) is 9.32. The summed E-state index contributed by atoms with van der Waals surface area (Å²) in [6, 6.07) is 0.946. The maximum atomic E-state index is 6.12. The van der Waals surface area contributed by atoms with Crippen molar-refractivity contribution in [3.8, 4) is 0 Å². The first kappa shape index (κ1) is 13.1. The third-order valence-corrected chi connectivity index (χ3v) is 4.03. The molecule has 0 bridgehead atoms. The molecule has 1 aliphatic heterocycles. The van der Waals surface area contributed by atoms with Crippen molar-refractivity contribution in [2.75, 3.05) is 0 Å². The second-order valence-electron chi connectivity index (χ2n) is 6.98. The second-order valence-corrected chi connectivity index (χ2v) is 6.98. The maximum Gasteiger partial charge on any atom is 0.164 e. The van der Waals surface area contributed by atoms with Crippen LogP contribution in [0.1, 0.15) is 58.8 Å². The molecule has 19 heavy (non-hydrogen) atoms.